The molecule has 1 heterocycles. The van der Waals surface area contributed by atoms with Crippen molar-refractivity contribution in [3.8, 4) is 0 Å². The van der Waals surface area contributed by atoms with Crippen LogP contribution in [0.4, 0.5) is 22.0 Å². The van der Waals surface area contributed by atoms with Crippen LogP contribution >= 0.6 is 0 Å². The van der Waals surface area contributed by atoms with Crippen LogP contribution in [0.1, 0.15) is 11.3 Å². The van der Waals surface area contributed by atoms with Gasteiger partial charge in [0, 0.05) is 11.8 Å². The van der Waals surface area contributed by atoms with E-state index in [9.17, 15) is 22.0 Å². The highest BCUT2D eigenvalue weighted by Crippen LogP contribution is 2.27. The zero-order valence-electron chi connectivity index (χ0n) is 8.88. The number of benzene rings is 1. The zero-order valence-corrected chi connectivity index (χ0v) is 8.88. The van der Waals surface area contributed by atoms with Crippen molar-refractivity contribution in [2.45, 2.75) is 12.7 Å². The summed E-state index contributed by atoms with van der Waals surface area (Å²) in [6.07, 6.45) is -3.49. The van der Waals surface area contributed by atoms with Gasteiger partial charge in [0.2, 0.25) is 0 Å². The van der Waals surface area contributed by atoms with Crippen LogP contribution in [-0.2, 0) is 12.7 Å². The lowest BCUT2D eigenvalue weighted by Crippen LogP contribution is -2.09. The Morgan fingerprint density at radius 2 is 1.83 bits per heavy atom. The Morgan fingerprint density at radius 1 is 1.11 bits per heavy atom. The molecule has 0 radical (unpaired) electrons. The standard InChI is InChI=1S/C11H7F5N2/c12-8-3-1-2-7(10(8)13)6-18-5-4-9(17-18)11(14,15)16/h1-5H,6H2. The maximum absolute atomic E-state index is 13.3. The van der Waals surface area contributed by atoms with Crippen molar-refractivity contribution in [2.24, 2.45) is 0 Å². The lowest BCUT2D eigenvalue weighted by atomic mass is 10.2. The van der Waals surface area contributed by atoms with E-state index in [1.54, 1.807) is 0 Å². The fraction of sp³-hybridized carbons (Fsp3) is 0.182. The normalized spacial score (nSPS) is 11.8. The summed E-state index contributed by atoms with van der Waals surface area (Å²) in [5, 5.41) is 3.25. The summed E-state index contributed by atoms with van der Waals surface area (Å²) >= 11 is 0. The van der Waals surface area contributed by atoms with Gasteiger partial charge in [-0.1, -0.05) is 12.1 Å². The van der Waals surface area contributed by atoms with Crippen LogP contribution in [-0.4, -0.2) is 9.78 Å². The second-order valence-corrected chi connectivity index (χ2v) is 3.61. The maximum Gasteiger partial charge on any atom is 0.435 e. The lowest BCUT2D eigenvalue weighted by Gasteiger charge is -2.05. The summed E-state index contributed by atoms with van der Waals surface area (Å²) in [6.45, 7) is -0.264. The largest absolute Gasteiger partial charge is 0.435 e. The third-order valence-corrected chi connectivity index (χ3v) is 2.30. The molecule has 18 heavy (non-hydrogen) atoms. The smallest absolute Gasteiger partial charge is 0.268 e. The molecule has 0 saturated carbocycles. The fourth-order valence-electron chi connectivity index (χ4n) is 1.45. The maximum atomic E-state index is 13.3. The van der Waals surface area contributed by atoms with Crippen LogP contribution in [0.5, 0.6) is 0 Å². The predicted molar refractivity (Wildman–Crippen MR) is 52.7 cm³/mol. The average molecular weight is 262 g/mol. The minimum atomic E-state index is -4.55. The van der Waals surface area contributed by atoms with Gasteiger partial charge in [-0.3, -0.25) is 4.68 Å². The summed E-state index contributed by atoms with van der Waals surface area (Å²) in [4.78, 5) is 0. The number of halogens is 5. The molecule has 0 unspecified atom stereocenters. The van der Waals surface area contributed by atoms with Gasteiger partial charge in [0.1, 0.15) is 0 Å². The first-order valence-corrected chi connectivity index (χ1v) is 4.91. The number of hydrogen-bond donors (Lipinski definition) is 0. The molecule has 0 saturated heterocycles. The first kappa shape index (κ1) is 12.5. The Bertz CT molecular complexity index is 559. The number of hydrogen-bond acceptors (Lipinski definition) is 1. The first-order chi connectivity index (χ1) is 8.38. The van der Waals surface area contributed by atoms with E-state index in [4.69, 9.17) is 0 Å². The average Bonchev–Trinajstić information content (AvgIpc) is 2.73. The number of nitrogens with zero attached hydrogens (tertiary/aromatic N) is 2. The van der Waals surface area contributed by atoms with Crippen molar-refractivity contribution in [3.05, 3.63) is 53.4 Å². The molecule has 1 aromatic carbocycles. The highest BCUT2D eigenvalue weighted by molar-refractivity contribution is 5.19. The van der Waals surface area contributed by atoms with Gasteiger partial charge < -0.3 is 0 Å². The van der Waals surface area contributed by atoms with E-state index >= 15 is 0 Å². The van der Waals surface area contributed by atoms with Crippen molar-refractivity contribution in [2.75, 3.05) is 0 Å². The third kappa shape index (κ3) is 2.49. The van der Waals surface area contributed by atoms with Crippen molar-refractivity contribution in [1.29, 1.82) is 0 Å². The van der Waals surface area contributed by atoms with Gasteiger partial charge in [-0.25, -0.2) is 8.78 Å². The molecule has 0 aliphatic carbocycles. The van der Waals surface area contributed by atoms with Crippen molar-refractivity contribution < 1.29 is 22.0 Å². The molecule has 0 amide bonds. The molecule has 0 bridgehead atoms. The van der Waals surface area contributed by atoms with E-state index in [0.29, 0.717) is 0 Å². The van der Waals surface area contributed by atoms with Crippen LogP contribution in [0.3, 0.4) is 0 Å². The number of alkyl halides is 3. The van der Waals surface area contributed by atoms with Crippen LogP contribution in [0.2, 0.25) is 0 Å². The van der Waals surface area contributed by atoms with Gasteiger partial charge in [0.05, 0.1) is 6.54 Å². The number of rotatable bonds is 2. The van der Waals surface area contributed by atoms with Crippen molar-refractivity contribution >= 4 is 0 Å². The molecule has 0 aliphatic heterocycles. The van der Waals surface area contributed by atoms with E-state index in [0.717, 1.165) is 23.0 Å². The zero-order chi connectivity index (χ0) is 13.3. The molecular formula is C11H7F5N2. The molecule has 2 nitrogen and oxygen atoms in total. The topological polar surface area (TPSA) is 17.8 Å². The fourth-order valence-corrected chi connectivity index (χ4v) is 1.45. The van der Waals surface area contributed by atoms with Gasteiger partial charge in [-0.15, -0.1) is 0 Å². The molecule has 96 valence electrons. The second-order valence-electron chi connectivity index (χ2n) is 3.61. The van der Waals surface area contributed by atoms with Crippen molar-refractivity contribution in [3.63, 3.8) is 0 Å². The van der Waals surface area contributed by atoms with Crippen molar-refractivity contribution in [1.82, 2.24) is 9.78 Å². The summed E-state index contributed by atoms with van der Waals surface area (Å²) in [5.74, 6) is -2.13. The van der Waals surface area contributed by atoms with E-state index in [2.05, 4.69) is 5.10 Å². The van der Waals surface area contributed by atoms with E-state index in [1.807, 2.05) is 0 Å². The molecule has 7 heteroatoms. The molecule has 2 rings (SSSR count). The summed E-state index contributed by atoms with van der Waals surface area (Å²) in [7, 11) is 0. The molecular weight excluding hydrogens is 255 g/mol. The van der Waals surface area contributed by atoms with Crippen LogP contribution in [0.25, 0.3) is 0 Å². The molecule has 0 fully saturated rings. The monoisotopic (exact) mass is 262 g/mol. The van der Waals surface area contributed by atoms with Gasteiger partial charge >= 0.3 is 6.18 Å². The highest BCUT2D eigenvalue weighted by atomic mass is 19.4. The highest BCUT2D eigenvalue weighted by Gasteiger charge is 2.33. The molecule has 2 aromatic rings. The van der Waals surface area contributed by atoms with Crippen LogP contribution < -0.4 is 0 Å². The van der Waals surface area contributed by atoms with Gasteiger partial charge in [-0.05, 0) is 12.1 Å². The minimum absolute atomic E-state index is 0.0631. The van der Waals surface area contributed by atoms with Gasteiger partial charge in [0.25, 0.3) is 0 Å². The van der Waals surface area contributed by atoms with E-state index in [-0.39, 0.29) is 12.1 Å². The molecule has 0 aliphatic rings. The van der Waals surface area contributed by atoms with Crippen LogP contribution in [0.15, 0.2) is 30.5 Å². The Balaban J connectivity index is 2.24. The molecule has 0 N–H and O–H groups in total. The Morgan fingerprint density at radius 3 is 2.44 bits per heavy atom. The SMILES string of the molecule is Fc1cccc(Cn2ccc(C(F)(F)F)n2)c1F. The Labute approximate surface area is 98.7 Å². The molecule has 1 aromatic heterocycles. The summed E-state index contributed by atoms with van der Waals surface area (Å²) in [5.41, 5.74) is -1.13. The minimum Gasteiger partial charge on any atom is -0.268 e. The van der Waals surface area contributed by atoms with Gasteiger partial charge in [0.15, 0.2) is 17.3 Å². The van der Waals surface area contributed by atoms with Crippen LogP contribution in [0, 0.1) is 11.6 Å². The molecule has 0 spiro atoms. The second kappa shape index (κ2) is 4.40. The van der Waals surface area contributed by atoms with E-state index in [1.165, 1.54) is 12.1 Å². The summed E-state index contributed by atoms with van der Waals surface area (Å²) in [6, 6.07) is 4.27. The Kier molecular flexibility index (Phi) is 3.06. The van der Waals surface area contributed by atoms with E-state index < -0.39 is 23.5 Å². The summed E-state index contributed by atoms with van der Waals surface area (Å²) < 4.78 is 63.9. The lowest BCUT2D eigenvalue weighted by molar-refractivity contribution is -0.141. The first-order valence-electron chi connectivity index (χ1n) is 4.91. The number of aromatic nitrogens is 2. The predicted octanol–water partition coefficient (Wildman–Crippen LogP) is 3.23. The quantitative estimate of drug-likeness (QED) is 0.760. The molecule has 0 atom stereocenters. The third-order valence-electron chi connectivity index (χ3n) is 2.30. The van der Waals surface area contributed by atoms with Gasteiger partial charge in [-0.2, -0.15) is 18.3 Å². The Hall–Kier alpha value is -1.92.